The number of carbonyl (C=O) groups is 2. The molecule has 0 saturated heterocycles. The number of hydrogen-bond acceptors (Lipinski definition) is 2. The van der Waals surface area contributed by atoms with E-state index in [1.54, 1.807) is 12.1 Å². The Morgan fingerprint density at radius 3 is 2.13 bits per heavy atom. The van der Waals surface area contributed by atoms with Gasteiger partial charge >= 0.3 is 5.97 Å². The molecule has 0 heterocycles. The van der Waals surface area contributed by atoms with Gasteiger partial charge in [-0.15, -0.1) is 0 Å². The largest absolute Gasteiger partial charge is 0.478 e. The summed E-state index contributed by atoms with van der Waals surface area (Å²) in [5, 5.41) is 9.03. The summed E-state index contributed by atoms with van der Waals surface area (Å²) in [4.78, 5) is 23.5. The smallest absolute Gasteiger partial charge is 0.335 e. The van der Waals surface area contributed by atoms with Crippen molar-refractivity contribution in [3.63, 3.8) is 0 Å². The zero-order chi connectivity index (χ0) is 16.2. The maximum atomic E-state index is 12.5. The second-order valence-corrected chi connectivity index (χ2v) is 6.17. The highest BCUT2D eigenvalue weighted by atomic mass is 16.4. The summed E-state index contributed by atoms with van der Waals surface area (Å²) in [5.41, 5.74) is 2.46. The average molecular weight is 308 g/mol. The molecule has 1 fully saturated rings. The summed E-state index contributed by atoms with van der Waals surface area (Å²) in [6.45, 7) is 0. The molecule has 0 radical (unpaired) electrons. The molecule has 2 aromatic rings. The van der Waals surface area contributed by atoms with Crippen LogP contribution in [0.15, 0.2) is 48.5 Å². The van der Waals surface area contributed by atoms with Crippen molar-refractivity contribution in [2.75, 3.05) is 0 Å². The lowest BCUT2D eigenvalue weighted by molar-refractivity contribution is 0.0697. The summed E-state index contributed by atoms with van der Waals surface area (Å²) < 4.78 is 0. The predicted octanol–water partition coefficient (Wildman–Crippen LogP) is 4.66. The summed E-state index contributed by atoms with van der Waals surface area (Å²) in [6.07, 6.45) is 6.36. The Balaban J connectivity index is 1.80. The Hall–Kier alpha value is -2.42. The van der Waals surface area contributed by atoms with E-state index in [0.717, 1.165) is 0 Å². The SMILES string of the molecule is O=C(O)c1cccc(C(=O)c2ccc(C3CCCCC3)cc2)c1. The summed E-state index contributed by atoms with van der Waals surface area (Å²) >= 11 is 0. The van der Waals surface area contributed by atoms with Crippen molar-refractivity contribution in [2.45, 2.75) is 38.0 Å². The highest BCUT2D eigenvalue weighted by Crippen LogP contribution is 2.32. The average Bonchev–Trinajstić information content (AvgIpc) is 2.62. The van der Waals surface area contributed by atoms with Gasteiger partial charge in [0.2, 0.25) is 0 Å². The van der Waals surface area contributed by atoms with Gasteiger partial charge in [0, 0.05) is 11.1 Å². The number of ketones is 1. The highest BCUT2D eigenvalue weighted by Gasteiger charge is 2.16. The third-order valence-electron chi connectivity index (χ3n) is 4.62. The number of carboxylic acids is 1. The lowest BCUT2D eigenvalue weighted by atomic mass is 9.83. The van der Waals surface area contributed by atoms with E-state index in [9.17, 15) is 9.59 Å². The molecule has 0 amide bonds. The maximum absolute atomic E-state index is 12.5. The van der Waals surface area contributed by atoms with Crippen LogP contribution in [0.4, 0.5) is 0 Å². The van der Waals surface area contributed by atoms with E-state index in [2.05, 4.69) is 0 Å². The monoisotopic (exact) mass is 308 g/mol. The molecule has 0 spiro atoms. The molecule has 3 heteroatoms. The molecule has 3 rings (SSSR count). The van der Waals surface area contributed by atoms with Gasteiger partial charge in [0.05, 0.1) is 5.56 Å². The van der Waals surface area contributed by atoms with Crippen LogP contribution in [0.2, 0.25) is 0 Å². The molecular weight excluding hydrogens is 288 g/mol. The van der Waals surface area contributed by atoms with Gasteiger partial charge in [0.1, 0.15) is 0 Å². The maximum Gasteiger partial charge on any atom is 0.335 e. The van der Waals surface area contributed by atoms with Gasteiger partial charge in [-0.25, -0.2) is 4.79 Å². The lowest BCUT2D eigenvalue weighted by Gasteiger charge is -2.22. The van der Waals surface area contributed by atoms with E-state index in [-0.39, 0.29) is 11.3 Å². The molecule has 0 aromatic heterocycles. The molecule has 0 unspecified atom stereocenters. The molecule has 0 atom stereocenters. The van der Waals surface area contributed by atoms with Gasteiger partial charge in [-0.2, -0.15) is 0 Å². The molecule has 118 valence electrons. The summed E-state index contributed by atoms with van der Waals surface area (Å²) in [7, 11) is 0. The Labute approximate surface area is 136 Å². The number of carbonyl (C=O) groups excluding carboxylic acids is 1. The van der Waals surface area contributed by atoms with Crippen LogP contribution in [0.25, 0.3) is 0 Å². The Morgan fingerprint density at radius 2 is 1.48 bits per heavy atom. The number of rotatable bonds is 4. The first-order valence-electron chi connectivity index (χ1n) is 8.13. The molecule has 0 bridgehead atoms. The minimum Gasteiger partial charge on any atom is -0.478 e. The van der Waals surface area contributed by atoms with Gasteiger partial charge in [-0.1, -0.05) is 55.7 Å². The van der Waals surface area contributed by atoms with Crippen LogP contribution >= 0.6 is 0 Å². The van der Waals surface area contributed by atoms with Crippen molar-refractivity contribution in [1.82, 2.24) is 0 Å². The predicted molar refractivity (Wildman–Crippen MR) is 89.1 cm³/mol. The zero-order valence-electron chi connectivity index (χ0n) is 13.0. The highest BCUT2D eigenvalue weighted by molar-refractivity contribution is 6.09. The summed E-state index contributed by atoms with van der Waals surface area (Å²) in [6, 6.07) is 14.0. The first-order chi connectivity index (χ1) is 11.1. The van der Waals surface area contributed by atoms with Crippen molar-refractivity contribution >= 4 is 11.8 Å². The third kappa shape index (κ3) is 3.50. The van der Waals surface area contributed by atoms with Crippen molar-refractivity contribution in [1.29, 1.82) is 0 Å². The van der Waals surface area contributed by atoms with Crippen LogP contribution < -0.4 is 0 Å². The third-order valence-corrected chi connectivity index (χ3v) is 4.62. The Morgan fingerprint density at radius 1 is 0.826 bits per heavy atom. The lowest BCUT2D eigenvalue weighted by Crippen LogP contribution is -2.06. The van der Waals surface area contributed by atoms with E-state index < -0.39 is 5.97 Å². The molecule has 3 nitrogen and oxygen atoms in total. The second-order valence-electron chi connectivity index (χ2n) is 6.17. The van der Waals surface area contributed by atoms with E-state index in [1.807, 2.05) is 24.3 Å². The molecule has 1 aliphatic rings. The second kappa shape index (κ2) is 6.78. The minimum atomic E-state index is -1.02. The molecular formula is C20H20O3. The first-order valence-corrected chi connectivity index (χ1v) is 8.13. The number of hydrogen-bond donors (Lipinski definition) is 1. The molecule has 1 saturated carbocycles. The van der Waals surface area contributed by atoms with Crippen molar-refractivity contribution in [3.8, 4) is 0 Å². The fourth-order valence-corrected chi connectivity index (χ4v) is 3.30. The van der Waals surface area contributed by atoms with Crippen LogP contribution in [0.3, 0.4) is 0 Å². The zero-order valence-corrected chi connectivity index (χ0v) is 13.0. The Kier molecular flexibility index (Phi) is 4.56. The van der Waals surface area contributed by atoms with Gasteiger partial charge < -0.3 is 5.11 Å². The van der Waals surface area contributed by atoms with Crippen molar-refractivity contribution < 1.29 is 14.7 Å². The standard InChI is InChI=1S/C20H20O3/c21-19(17-7-4-8-18(13-17)20(22)23)16-11-9-15(10-12-16)14-5-2-1-3-6-14/h4,7-14H,1-3,5-6H2,(H,22,23). The first kappa shape index (κ1) is 15.5. The number of carboxylic acid groups (broad SMARTS) is 1. The molecule has 0 aliphatic heterocycles. The topological polar surface area (TPSA) is 54.4 Å². The van der Waals surface area contributed by atoms with Crippen LogP contribution in [0, 0.1) is 0 Å². The van der Waals surface area contributed by atoms with Gasteiger partial charge in [0.15, 0.2) is 5.78 Å². The number of benzene rings is 2. The van der Waals surface area contributed by atoms with E-state index >= 15 is 0 Å². The minimum absolute atomic E-state index is 0.134. The van der Waals surface area contributed by atoms with E-state index in [4.69, 9.17) is 5.11 Å². The van der Waals surface area contributed by atoms with Crippen molar-refractivity contribution in [3.05, 3.63) is 70.8 Å². The van der Waals surface area contributed by atoms with Gasteiger partial charge in [-0.3, -0.25) is 4.79 Å². The molecule has 2 aromatic carbocycles. The number of aromatic carboxylic acids is 1. The van der Waals surface area contributed by atoms with E-state index in [0.29, 0.717) is 17.0 Å². The molecule has 1 aliphatic carbocycles. The van der Waals surface area contributed by atoms with Gasteiger partial charge in [0.25, 0.3) is 0 Å². The van der Waals surface area contributed by atoms with Crippen molar-refractivity contribution in [2.24, 2.45) is 0 Å². The van der Waals surface area contributed by atoms with Crippen LogP contribution in [0.1, 0.15) is 69.9 Å². The van der Waals surface area contributed by atoms with Crippen LogP contribution in [-0.2, 0) is 0 Å². The summed E-state index contributed by atoms with van der Waals surface area (Å²) in [5.74, 6) is -0.543. The fourth-order valence-electron chi connectivity index (χ4n) is 3.30. The molecule has 1 N–H and O–H groups in total. The van der Waals surface area contributed by atoms with Gasteiger partial charge in [-0.05, 0) is 36.5 Å². The van der Waals surface area contributed by atoms with E-state index in [1.165, 1.54) is 49.8 Å². The fraction of sp³-hybridized carbons (Fsp3) is 0.300. The van der Waals surface area contributed by atoms with Crippen LogP contribution in [-0.4, -0.2) is 16.9 Å². The Bertz CT molecular complexity index is 710. The quantitative estimate of drug-likeness (QED) is 0.835. The van der Waals surface area contributed by atoms with Crippen LogP contribution in [0.5, 0.6) is 0 Å². The molecule has 23 heavy (non-hydrogen) atoms. The normalized spacial score (nSPS) is 15.3.